The number of aromatic nitrogens is 2. The van der Waals surface area contributed by atoms with E-state index in [1.807, 2.05) is 35.0 Å². The number of carbonyl (C=O) groups is 1. The van der Waals surface area contributed by atoms with Gasteiger partial charge in [-0.1, -0.05) is 34.1 Å². The Labute approximate surface area is 171 Å². The van der Waals surface area contributed by atoms with Gasteiger partial charge in [-0.15, -0.1) is 0 Å². The van der Waals surface area contributed by atoms with Gasteiger partial charge in [-0.25, -0.2) is 9.07 Å². The fourth-order valence-corrected chi connectivity index (χ4v) is 3.91. The normalized spacial score (nSPS) is 14.8. The third-order valence-corrected chi connectivity index (χ3v) is 5.45. The molecule has 0 atom stereocenters. The summed E-state index contributed by atoms with van der Waals surface area (Å²) in [6.45, 7) is 1.79. The van der Waals surface area contributed by atoms with E-state index in [9.17, 15) is 9.18 Å². The van der Waals surface area contributed by atoms with Gasteiger partial charge in [0.05, 0.1) is 28.8 Å². The maximum Gasteiger partial charge on any atom is 0.259 e. The van der Waals surface area contributed by atoms with E-state index in [-0.39, 0.29) is 17.5 Å². The van der Waals surface area contributed by atoms with Gasteiger partial charge >= 0.3 is 0 Å². The molecule has 5 nitrogen and oxygen atoms in total. The topological polar surface area (TPSA) is 59.0 Å². The first kappa shape index (κ1) is 18.8. The first-order valence-corrected chi connectivity index (χ1v) is 10.0. The number of amides is 1. The van der Waals surface area contributed by atoms with Crippen molar-refractivity contribution in [2.45, 2.75) is 18.8 Å². The highest BCUT2D eigenvalue weighted by Gasteiger charge is 2.27. The molecule has 28 heavy (non-hydrogen) atoms. The van der Waals surface area contributed by atoms with Crippen molar-refractivity contribution in [3.05, 3.63) is 76.3 Å². The molecule has 0 unspecified atom stereocenters. The second kappa shape index (κ2) is 8.24. The van der Waals surface area contributed by atoms with E-state index in [1.165, 1.54) is 6.07 Å². The molecule has 3 aromatic rings. The molecule has 0 saturated carbocycles. The minimum Gasteiger partial charge on any atom is -0.319 e. The molecular formula is C21H20BrFN4O. The minimum atomic E-state index is -0.485. The number of nitrogens with one attached hydrogen (secondary N) is 2. The molecule has 1 aromatic heterocycles. The molecule has 2 N–H and O–H groups in total. The van der Waals surface area contributed by atoms with Crippen LogP contribution in [0.3, 0.4) is 0 Å². The second-order valence-corrected chi connectivity index (χ2v) is 7.71. The lowest BCUT2D eigenvalue weighted by Gasteiger charge is -2.24. The van der Waals surface area contributed by atoms with Gasteiger partial charge in [-0.2, -0.15) is 5.10 Å². The van der Waals surface area contributed by atoms with E-state index < -0.39 is 5.82 Å². The number of benzene rings is 2. The number of rotatable bonds is 4. The zero-order valence-electron chi connectivity index (χ0n) is 15.2. The van der Waals surface area contributed by atoms with Crippen LogP contribution in [0.4, 0.5) is 10.1 Å². The maximum absolute atomic E-state index is 14.2. The zero-order valence-corrected chi connectivity index (χ0v) is 16.7. The molecule has 1 saturated heterocycles. The molecule has 1 amide bonds. The molecule has 2 aromatic carbocycles. The van der Waals surface area contributed by atoms with E-state index in [1.54, 1.807) is 18.3 Å². The van der Waals surface area contributed by atoms with Gasteiger partial charge in [0, 0.05) is 10.4 Å². The number of nitrogens with zero attached hydrogens (tertiary/aromatic N) is 2. The summed E-state index contributed by atoms with van der Waals surface area (Å²) in [5.41, 5.74) is 2.42. The van der Waals surface area contributed by atoms with Crippen molar-refractivity contribution < 1.29 is 9.18 Å². The van der Waals surface area contributed by atoms with Gasteiger partial charge < -0.3 is 10.6 Å². The molecule has 0 radical (unpaired) electrons. The molecule has 2 heterocycles. The lowest BCUT2D eigenvalue weighted by Crippen LogP contribution is -2.29. The number of anilines is 1. The Morgan fingerprint density at radius 3 is 2.64 bits per heavy atom. The van der Waals surface area contributed by atoms with E-state index in [2.05, 4.69) is 31.7 Å². The molecule has 7 heteroatoms. The van der Waals surface area contributed by atoms with Crippen LogP contribution >= 0.6 is 15.9 Å². The first-order chi connectivity index (χ1) is 13.6. The highest BCUT2D eigenvalue weighted by molar-refractivity contribution is 9.10. The summed E-state index contributed by atoms with van der Waals surface area (Å²) < 4.78 is 16.6. The van der Waals surface area contributed by atoms with Crippen LogP contribution in [0.1, 0.15) is 34.8 Å². The molecule has 1 aliphatic rings. The van der Waals surface area contributed by atoms with Crippen LogP contribution < -0.4 is 10.6 Å². The quantitative estimate of drug-likeness (QED) is 0.625. The highest BCUT2D eigenvalue weighted by atomic mass is 79.9. The van der Waals surface area contributed by atoms with Gasteiger partial charge in [0.15, 0.2) is 0 Å². The summed E-state index contributed by atoms with van der Waals surface area (Å²) in [5.74, 6) is -0.627. The van der Waals surface area contributed by atoms with Crippen molar-refractivity contribution in [2.75, 3.05) is 18.4 Å². The fourth-order valence-electron chi connectivity index (χ4n) is 3.58. The average molecular weight is 443 g/mol. The highest BCUT2D eigenvalue weighted by Crippen LogP contribution is 2.31. The molecule has 144 valence electrons. The summed E-state index contributed by atoms with van der Waals surface area (Å²) in [7, 11) is 0. The van der Waals surface area contributed by atoms with Gasteiger partial charge in [0.25, 0.3) is 5.91 Å². The Hall–Kier alpha value is -2.51. The first-order valence-electron chi connectivity index (χ1n) is 9.24. The summed E-state index contributed by atoms with van der Waals surface area (Å²) in [6, 6.07) is 14.3. The zero-order chi connectivity index (χ0) is 19.5. The van der Waals surface area contributed by atoms with Crippen LogP contribution in [0.2, 0.25) is 0 Å². The number of hydrogen-bond donors (Lipinski definition) is 2. The predicted molar refractivity (Wildman–Crippen MR) is 110 cm³/mol. The molecular weight excluding hydrogens is 423 g/mol. The SMILES string of the molecule is O=C(Nc1ccc(Br)cc1F)c1cnn(-c2ccccc2)c1C1CCNCC1. The van der Waals surface area contributed by atoms with Gasteiger partial charge in [-0.3, -0.25) is 4.79 Å². The Kier molecular flexibility index (Phi) is 5.54. The van der Waals surface area contributed by atoms with Crippen LogP contribution in [0.5, 0.6) is 0 Å². The summed E-state index contributed by atoms with van der Waals surface area (Å²) in [6.07, 6.45) is 3.42. The van der Waals surface area contributed by atoms with Crippen molar-refractivity contribution >= 4 is 27.5 Å². The molecule has 0 spiro atoms. The number of carbonyl (C=O) groups excluding carboxylic acids is 1. The predicted octanol–water partition coefficient (Wildman–Crippen LogP) is 4.49. The van der Waals surface area contributed by atoms with Crippen molar-refractivity contribution in [3.8, 4) is 5.69 Å². The van der Waals surface area contributed by atoms with Crippen LogP contribution in [-0.2, 0) is 0 Å². The summed E-state index contributed by atoms with van der Waals surface area (Å²) in [4.78, 5) is 13.0. The number of piperidine rings is 1. The molecule has 1 fully saturated rings. The molecule has 1 aliphatic heterocycles. The monoisotopic (exact) mass is 442 g/mol. The third-order valence-electron chi connectivity index (χ3n) is 4.96. The van der Waals surface area contributed by atoms with Crippen molar-refractivity contribution in [1.82, 2.24) is 15.1 Å². The van der Waals surface area contributed by atoms with Gasteiger partial charge in [0.1, 0.15) is 5.82 Å². The van der Waals surface area contributed by atoms with Crippen LogP contribution in [0.15, 0.2) is 59.2 Å². The Morgan fingerprint density at radius 2 is 1.93 bits per heavy atom. The Balaban J connectivity index is 1.71. The molecule has 4 rings (SSSR count). The number of halogens is 2. The lowest BCUT2D eigenvalue weighted by molar-refractivity contribution is 0.102. The average Bonchev–Trinajstić information content (AvgIpc) is 3.17. The van der Waals surface area contributed by atoms with E-state index in [4.69, 9.17) is 0 Å². The second-order valence-electron chi connectivity index (χ2n) is 6.79. The van der Waals surface area contributed by atoms with Crippen LogP contribution in [0, 0.1) is 5.82 Å². The third kappa shape index (κ3) is 3.86. The smallest absolute Gasteiger partial charge is 0.259 e. The fraction of sp³-hybridized carbons (Fsp3) is 0.238. The van der Waals surface area contributed by atoms with E-state index >= 15 is 0 Å². The Morgan fingerprint density at radius 1 is 1.18 bits per heavy atom. The lowest BCUT2D eigenvalue weighted by atomic mass is 9.91. The minimum absolute atomic E-state index is 0.150. The number of hydrogen-bond acceptors (Lipinski definition) is 3. The standard InChI is InChI=1S/C21H20BrFN4O/c22-15-6-7-19(18(23)12-15)26-21(28)17-13-25-27(16-4-2-1-3-5-16)20(17)14-8-10-24-11-9-14/h1-7,12-14,24H,8-11H2,(H,26,28). The molecule has 0 aliphatic carbocycles. The number of para-hydroxylation sites is 1. The van der Waals surface area contributed by atoms with Gasteiger partial charge in [0.2, 0.25) is 0 Å². The van der Waals surface area contributed by atoms with Crippen molar-refractivity contribution in [3.63, 3.8) is 0 Å². The largest absolute Gasteiger partial charge is 0.319 e. The summed E-state index contributed by atoms with van der Waals surface area (Å²) >= 11 is 3.23. The van der Waals surface area contributed by atoms with E-state index in [0.717, 1.165) is 37.3 Å². The summed E-state index contributed by atoms with van der Waals surface area (Å²) in [5, 5.41) is 10.5. The van der Waals surface area contributed by atoms with Crippen molar-refractivity contribution in [1.29, 1.82) is 0 Å². The van der Waals surface area contributed by atoms with E-state index in [0.29, 0.717) is 10.0 Å². The Bertz CT molecular complexity index is 983. The molecule has 0 bridgehead atoms. The van der Waals surface area contributed by atoms with Crippen molar-refractivity contribution in [2.24, 2.45) is 0 Å². The van der Waals surface area contributed by atoms with Crippen LogP contribution in [-0.4, -0.2) is 28.8 Å². The van der Waals surface area contributed by atoms with Crippen LogP contribution in [0.25, 0.3) is 5.69 Å². The maximum atomic E-state index is 14.2. The van der Waals surface area contributed by atoms with Gasteiger partial charge in [-0.05, 0) is 56.3 Å².